The Bertz CT molecular complexity index is 1320. The second-order valence-corrected chi connectivity index (χ2v) is 8.62. The van der Waals surface area contributed by atoms with Crippen LogP contribution in [0.2, 0.25) is 0 Å². The molecule has 2 aromatic carbocycles. The van der Waals surface area contributed by atoms with Gasteiger partial charge in [-0.2, -0.15) is 0 Å². The average molecular weight is 474 g/mol. The molecule has 8 heteroatoms. The Labute approximate surface area is 205 Å². The van der Waals surface area contributed by atoms with Gasteiger partial charge in [0.1, 0.15) is 11.5 Å². The molecule has 0 spiro atoms. The van der Waals surface area contributed by atoms with Crippen LogP contribution in [0.5, 0.6) is 11.5 Å². The lowest BCUT2D eigenvalue weighted by atomic mass is 10.0. The number of nitrogens with zero attached hydrogens (tertiary/aromatic N) is 4. The van der Waals surface area contributed by atoms with Gasteiger partial charge in [-0.3, -0.25) is 0 Å². The number of para-hydroxylation sites is 1. The smallest absolute Gasteiger partial charge is 0.245 e. The lowest BCUT2D eigenvalue weighted by Gasteiger charge is -2.18. The van der Waals surface area contributed by atoms with E-state index in [9.17, 15) is 0 Å². The summed E-state index contributed by atoms with van der Waals surface area (Å²) in [7, 11) is 5.13. The molecule has 4 aromatic rings. The molecule has 0 unspecified atom stereocenters. The van der Waals surface area contributed by atoms with Crippen LogP contribution in [0, 0.1) is 0 Å². The molecule has 5 rings (SSSR count). The number of fused-ring (bicyclic) bond motifs is 2. The van der Waals surface area contributed by atoms with Crippen LogP contribution in [0.4, 0.5) is 11.6 Å². The zero-order chi connectivity index (χ0) is 24.2. The predicted octanol–water partition coefficient (Wildman–Crippen LogP) is 4.20. The maximum Gasteiger partial charge on any atom is 0.245 e. The summed E-state index contributed by atoms with van der Waals surface area (Å²) >= 11 is 0. The Hall–Kier alpha value is -3.62. The SMILES string of the molecule is COCCN1CCc2cc(Nc3ncc4ccc(-c5ccccc5OC)n4n3)c(OC)cc2CC1. The van der Waals surface area contributed by atoms with Crippen molar-refractivity contribution in [2.24, 2.45) is 0 Å². The number of benzene rings is 2. The minimum atomic E-state index is 0.499. The normalized spacial score (nSPS) is 13.9. The fourth-order valence-corrected chi connectivity index (χ4v) is 4.65. The van der Waals surface area contributed by atoms with E-state index < -0.39 is 0 Å². The number of ether oxygens (including phenoxy) is 3. The van der Waals surface area contributed by atoms with E-state index >= 15 is 0 Å². The maximum absolute atomic E-state index is 5.74. The van der Waals surface area contributed by atoms with Crippen LogP contribution in [0.25, 0.3) is 16.8 Å². The van der Waals surface area contributed by atoms with Crippen molar-refractivity contribution in [3.8, 4) is 22.8 Å². The summed E-state index contributed by atoms with van der Waals surface area (Å²) in [5.74, 6) is 2.08. The first kappa shape index (κ1) is 23.1. The van der Waals surface area contributed by atoms with Gasteiger partial charge in [0.15, 0.2) is 0 Å². The van der Waals surface area contributed by atoms with Crippen molar-refractivity contribution in [3.05, 3.63) is 65.9 Å². The molecular formula is C27H31N5O3. The number of hydrogen-bond donors (Lipinski definition) is 1. The molecule has 1 aliphatic heterocycles. The Kier molecular flexibility index (Phi) is 6.83. The van der Waals surface area contributed by atoms with E-state index in [4.69, 9.17) is 19.3 Å². The van der Waals surface area contributed by atoms with Crippen LogP contribution in [-0.2, 0) is 17.6 Å². The molecule has 1 N–H and O–H groups in total. The van der Waals surface area contributed by atoms with Gasteiger partial charge in [-0.1, -0.05) is 12.1 Å². The number of aromatic nitrogens is 3. The molecule has 0 radical (unpaired) electrons. The second-order valence-electron chi connectivity index (χ2n) is 8.62. The largest absolute Gasteiger partial charge is 0.496 e. The monoisotopic (exact) mass is 473 g/mol. The number of anilines is 2. The highest BCUT2D eigenvalue weighted by molar-refractivity contribution is 5.72. The molecule has 8 nitrogen and oxygen atoms in total. The molecular weight excluding hydrogens is 442 g/mol. The average Bonchev–Trinajstić information content (AvgIpc) is 3.21. The quantitative estimate of drug-likeness (QED) is 0.411. The van der Waals surface area contributed by atoms with Crippen LogP contribution in [0.3, 0.4) is 0 Å². The number of hydrogen-bond acceptors (Lipinski definition) is 7. The maximum atomic E-state index is 5.74. The van der Waals surface area contributed by atoms with E-state index in [1.165, 1.54) is 11.1 Å². The zero-order valence-electron chi connectivity index (χ0n) is 20.5. The summed E-state index contributed by atoms with van der Waals surface area (Å²) in [5, 5.41) is 8.19. The number of rotatable bonds is 8. The molecule has 0 fully saturated rings. The lowest BCUT2D eigenvalue weighted by Crippen LogP contribution is -2.29. The van der Waals surface area contributed by atoms with E-state index in [0.717, 1.165) is 73.0 Å². The van der Waals surface area contributed by atoms with Gasteiger partial charge in [0, 0.05) is 32.3 Å². The van der Waals surface area contributed by atoms with E-state index in [2.05, 4.69) is 27.3 Å². The van der Waals surface area contributed by atoms with Gasteiger partial charge in [-0.25, -0.2) is 9.50 Å². The van der Waals surface area contributed by atoms with Crippen molar-refractivity contribution in [2.75, 3.05) is 52.9 Å². The molecule has 1 aliphatic rings. The topological polar surface area (TPSA) is 73.2 Å². The fourth-order valence-electron chi connectivity index (χ4n) is 4.65. The van der Waals surface area contributed by atoms with Gasteiger partial charge in [0.2, 0.25) is 5.95 Å². The van der Waals surface area contributed by atoms with Crippen LogP contribution >= 0.6 is 0 Å². The van der Waals surface area contributed by atoms with Crippen molar-refractivity contribution in [3.63, 3.8) is 0 Å². The summed E-state index contributed by atoms with van der Waals surface area (Å²) < 4.78 is 18.5. The molecule has 0 saturated heterocycles. The summed E-state index contributed by atoms with van der Waals surface area (Å²) in [4.78, 5) is 7.00. The van der Waals surface area contributed by atoms with Gasteiger partial charge in [-0.15, -0.1) is 5.10 Å². The minimum Gasteiger partial charge on any atom is -0.496 e. The first-order valence-electron chi connectivity index (χ1n) is 11.9. The molecule has 35 heavy (non-hydrogen) atoms. The molecule has 2 aromatic heterocycles. The summed E-state index contributed by atoms with van der Waals surface area (Å²) in [6.45, 7) is 3.73. The molecule has 0 atom stereocenters. The third-order valence-electron chi connectivity index (χ3n) is 6.56. The van der Waals surface area contributed by atoms with Gasteiger partial charge in [0.25, 0.3) is 0 Å². The van der Waals surface area contributed by atoms with E-state index in [-0.39, 0.29) is 0 Å². The van der Waals surface area contributed by atoms with Gasteiger partial charge in [0.05, 0.1) is 43.9 Å². The van der Waals surface area contributed by atoms with E-state index in [1.54, 1.807) is 21.3 Å². The van der Waals surface area contributed by atoms with E-state index in [1.807, 2.05) is 47.1 Å². The molecule has 0 aliphatic carbocycles. The van der Waals surface area contributed by atoms with E-state index in [0.29, 0.717) is 5.95 Å². The third kappa shape index (κ3) is 4.80. The standard InChI is InChI=1S/C27H31N5O3/c1-33-15-14-31-12-10-19-16-23(26(35-3)17-20(19)11-13-31)29-27-28-18-21-8-9-24(32(21)30-27)22-6-4-5-7-25(22)34-2/h4-9,16-18H,10-15H2,1-3H3,(H,29,30). The Balaban J connectivity index is 1.45. The molecule has 0 saturated carbocycles. The van der Waals surface area contributed by atoms with Crippen molar-refractivity contribution >= 4 is 17.2 Å². The Morgan fingerprint density at radius 3 is 2.46 bits per heavy atom. The number of nitrogens with one attached hydrogen (secondary N) is 1. The highest BCUT2D eigenvalue weighted by atomic mass is 16.5. The predicted molar refractivity (Wildman–Crippen MR) is 137 cm³/mol. The Morgan fingerprint density at radius 1 is 0.914 bits per heavy atom. The second kappa shape index (κ2) is 10.3. The van der Waals surface area contributed by atoms with Gasteiger partial charge < -0.3 is 24.4 Å². The van der Waals surface area contributed by atoms with Crippen LogP contribution in [-0.4, -0.2) is 67.1 Å². The molecule has 0 amide bonds. The van der Waals surface area contributed by atoms with Gasteiger partial charge in [-0.05, 0) is 60.4 Å². The number of methoxy groups -OCH3 is 3. The zero-order valence-corrected chi connectivity index (χ0v) is 20.5. The Morgan fingerprint density at radius 2 is 1.69 bits per heavy atom. The van der Waals surface area contributed by atoms with Crippen molar-refractivity contribution < 1.29 is 14.2 Å². The summed E-state index contributed by atoms with van der Waals surface area (Å²) in [5.41, 5.74) is 6.33. The molecule has 182 valence electrons. The molecule has 3 heterocycles. The van der Waals surface area contributed by atoms with Gasteiger partial charge >= 0.3 is 0 Å². The molecule has 0 bridgehead atoms. The van der Waals surface area contributed by atoms with Crippen LogP contribution < -0.4 is 14.8 Å². The highest BCUT2D eigenvalue weighted by Crippen LogP contribution is 2.33. The third-order valence-corrected chi connectivity index (χ3v) is 6.56. The minimum absolute atomic E-state index is 0.499. The van der Waals surface area contributed by atoms with Crippen molar-refractivity contribution in [1.82, 2.24) is 19.5 Å². The first-order valence-corrected chi connectivity index (χ1v) is 11.9. The van der Waals surface area contributed by atoms with Crippen molar-refractivity contribution in [1.29, 1.82) is 0 Å². The fraction of sp³-hybridized carbons (Fsp3) is 0.333. The summed E-state index contributed by atoms with van der Waals surface area (Å²) in [6, 6.07) is 16.3. The summed E-state index contributed by atoms with van der Waals surface area (Å²) in [6.07, 6.45) is 3.79. The first-order chi connectivity index (χ1) is 17.2. The van der Waals surface area contributed by atoms with Crippen molar-refractivity contribution in [2.45, 2.75) is 12.8 Å². The highest BCUT2D eigenvalue weighted by Gasteiger charge is 2.18. The lowest BCUT2D eigenvalue weighted by molar-refractivity contribution is 0.150. The van der Waals surface area contributed by atoms with Crippen LogP contribution in [0.15, 0.2) is 54.7 Å². The van der Waals surface area contributed by atoms with Crippen LogP contribution in [0.1, 0.15) is 11.1 Å².